The van der Waals surface area contributed by atoms with Crippen molar-refractivity contribution in [2.75, 3.05) is 32.3 Å². The van der Waals surface area contributed by atoms with Crippen molar-refractivity contribution in [3.63, 3.8) is 0 Å². The van der Waals surface area contributed by atoms with Gasteiger partial charge in [-0.3, -0.25) is 4.79 Å². The van der Waals surface area contributed by atoms with Crippen LogP contribution in [0.2, 0.25) is 0 Å². The zero-order chi connectivity index (χ0) is 17.4. The van der Waals surface area contributed by atoms with Gasteiger partial charge in [-0.15, -0.1) is 0 Å². The predicted molar refractivity (Wildman–Crippen MR) is 91.7 cm³/mol. The van der Waals surface area contributed by atoms with E-state index in [0.717, 1.165) is 34.8 Å². The number of carbonyl (C=O) groups is 1. The Bertz CT molecular complexity index is 822. The van der Waals surface area contributed by atoms with Crippen molar-refractivity contribution >= 4 is 11.7 Å². The van der Waals surface area contributed by atoms with Crippen LogP contribution in [0, 0.1) is 0 Å². The lowest BCUT2D eigenvalue weighted by Gasteiger charge is -2.30. The standard InChI is InChI=1S/C18H20N4O3/c1-21(2)18-13-5-6-22(9-14(13)19-10-20-18)17(23)8-12-3-4-15-16(7-12)25-11-24-15/h3-4,7,10H,5-6,8-9,11H2,1-2H3. The van der Waals surface area contributed by atoms with E-state index in [4.69, 9.17) is 9.47 Å². The summed E-state index contributed by atoms with van der Waals surface area (Å²) in [5.41, 5.74) is 3.00. The molecule has 7 heteroatoms. The quantitative estimate of drug-likeness (QED) is 0.841. The number of carbonyl (C=O) groups excluding carboxylic acids is 1. The van der Waals surface area contributed by atoms with E-state index in [2.05, 4.69) is 9.97 Å². The van der Waals surface area contributed by atoms with Gasteiger partial charge in [-0.1, -0.05) is 6.07 Å². The first kappa shape index (κ1) is 15.7. The van der Waals surface area contributed by atoms with E-state index in [1.807, 2.05) is 42.1 Å². The fraction of sp³-hybridized carbons (Fsp3) is 0.389. The minimum Gasteiger partial charge on any atom is -0.454 e. The van der Waals surface area contributed by atoms with E-state index < -0.39 is 0 Å². The summed E-state index contributed by atoms with van der Waals surface area (Å²) in [7, 11) is 3.94. The van der Waals surface area contributed by atoms with E-state index in [1.54, 1.807) is 6.33 Å². The second-order valence-corrected chi connectivity index (χ2v) is 6.45. The van der Waals surface area contributed by atoms with E-state index in [9.17, 15) is 4.79 Å². The molecule has 4 rings (SSSR count). The lowest BCUT2D eigenvalue weighted by molar-refractivity contribution is -0.131. The van der Waals surface area contributed by atoms with Gasteiger partial charge in [0.1, 0.15) is 12.1 Å². The third-order valence-corrected chi connectivity index (χ3v) is 4.55. The molecule has 1 aromatic heterocycles. The van der Waals surface area contributed by atoms with Gasteiger partial charge in [-0.2, -0.15) is 0 Å². The minimum atomic E-state index is 0.0922. The molecule has 130 valence electrons. The van der Waals surface area contributed by atoms with Gasteiger partial charge >= 0.3 is 0 Å². The molecule has 0 unspecified atom stereocenters. The van der Waals surface area contributed by atoms with Crippen LogP contribution in [-0.4, -0.2) is 48.2 Å². The van der Waals surface area contributed by atoms with Crippen molar-refractivity contribution in [2.24, 2.45) is 0 Å². The second-order valence-electron chi connectivity index (χ2n) is 6.45. The van der Waals surface area contributed by atoms with E-state index in [0.29, 0.717) is 25.3 Å². The number of aromatic nitrogens is 2. The molecule has 0 radical (unpaired) electrons. The molecule has 0 aliphatic carbocycles. The Morgan fingerprint density at radius 1 is 1.24 bits per heavy atom. The van der Waals surface area contributed by atoms with Gasteiger partial charge in [-0.25, -0.2) is 9.97 Å². The first-order valence-electron chi connectivity index (χ1n) is 8.28. The highest BCUT2D eigenvalue weighted by atomic mass is 16.7. The molecule has 2 aliphatic heterocycles. The highest BCUT2D eigenvalue weighted by molar-refractivity contribution is 5.79. The Labute approximate surface area is 146 Å². The van der Waals surface area contributed by atoms with Crippen LogP contribution in [0.15, 0.2) is 24.5 Å². The molecule has 0 fully saturated rings. The molecule has 2 aliphatic rings. The van der Waals surface area contributed by atoms with Crippen LogP contribution in [0.1, 0.15) is 16.8 Å². The Hall–Kier alpha value is -2.83. The summed E-state index contributed by atoms with van der Waals surface area (Å²) in [6, 6.07) is 5.65. The summed E-state index contributed by atoms with van der Waals surface area (Å²) in [6.45, 7) is 1.45. The third kappa shape index (κ3) is 2.97. The van der Waals surface area contributed by atoms with Gasteiger partial charge in [0.15, 0.2) is 11.5 Å². The molecule has 0 atom stereocenters. The highest BCUT2D eigenvalue weighted by Gasteiger charge is 2.25. The Morgan fingerprint density at radius 3 is 2.92 bits per heavy atom. The predicted octanol–water partition coefficient (Wildman–Crippen LogP) is 1.40. The van der Waals surface area contributed by atoms with Crippen LogP contribution in [-0.2, 0) is 24.2 Å². The van der Waals surface area contributed by atoms with Crippen LogP contribution < -0.4 is 14.4 Å². The first-order chi connectivity index (χ1) is 12.1. The molecule has 0 bridgehead atoms. The van der Waals surface area contributed by atoms with Gasteiger partial charge in [0.2, 0.25) is 12.7 Å². The maximum absolute atomic E-state index is 12.7. The van der Waals surface area contributed by atoms with E-state index >= 15 is 0 Å². The maximum Gasteiger partial charge on any atom is 0.231 e. The topological polar surface area (TPSA) is 67.8 Å². The molecule has 0 saturated heterocycles. The Kier molecular flexibility index (Phi) is 3.91. The van der Waals surface area contributed by atoms with Gasteiger partial charge < -0.3 is 19.3 Å². The van der Waals surface area contributed by atoms with Gasteiger partial charge in [0.25, 0.3) is 0 Å². The van der Waals surface area contributed by atoms with Crippen molar-refractivity contribution < 1.29 is 14.3 Å². The summed E-state index contributed by atoms with van der Waals surface area (Å²) in [5, 5.41) is 0. The van der Waals surface area contributed by atoms with Crippen LogP contribution >= 0.6 is 0 Å². The third-order valence-electron chi connectivity index (χ3n) is 4.55. The molecule has 0 N–H and O–H groups in total. The molecular weight excluding hydrogens is 320 g/mol. The van der Waals surface area contributed by atoms with E-state index in [-0.39, 0.29) is 12.7 Å². The van der Waals surface area contributed by atoms with Gasteiger partial charge in [0, 0.05) is 26.2 Å². The van der Waals surface area contributed by atoms with Crippen molar-refractivity contribution in [2.45, 2.75) is 19.4 Å². The average Bonchev–Trinajstić information content (AvgIpc) is 3.08. The lowest BCUT2D eigenvalue weighted by Crippen LogP contribution is -2.38. The Morgan fingerprint density at radius 2 is 2.08 bits per heavy atom. The SMILES string of the molecule is CN(C)c1ncnc2c1CCN(C(=O)Cc1ccc3c(c1)OCO3)C2. The van der Waals surface area contributed by atoms with Gasteiger partial charge in [-0.05, 0) is 24.1 Å². The molecule has 25 heavy (non-hydrogen) atoms. The molecule has 2 aromatic rings. The lowest BCUT2D eigenvalue weighted by atomic mass is 10.0. The van der Waals surface area contributed by atoms with Crippen molar-refractivity contribution in [1.82, 2.24) is 14.9 Å². The zero-order valence-electron chi connectivity index (χ0n) is 14.4. The zero-order valence-corrected chi connectivity index (χ0v) is 14.4. The molecular formula is C18H20N4O3. The van der Waals surface area contributed by atoms with Gasteiger partial charge in [0.05, 0.1) is 18.7 Å². The van der Waals surface area contributed by atoms with Crippen LogP contribution in [0.4, 0.5) is 5.82 Å². The number of hydrogen-bond donors (Lipinski definition) is 0. The molecule has 7 nitrogen and oxygen atoms in total. The summed E-state index contributed by atoms with van der Waals surface area (Å²) in [6.07, 6.45) is 2.69. The Balaban J connectivity index is 1.48. The highest BCUT2D eigenvalue weighted by Crippen LogP contribution is 2.33. The van der Waals surface area contributed by atoms with Crippen LogP contribution in [0.3, 0.4) is 0 Å². The number of fused-ring (bicyclic) bond motifs is 2. The number of rotatable bonds is 3. The smallest absolute Gasteiger partial charge is 0.231 e. The fourth-order valence-electron chi connectivity index (χ4n) is 3.27. The number of nitrogens with zero attached hydrogens (tertiary/aromatic N) is 4. The van der Waals surface area contributed by atoms with Crippen LogP contribution in [0.5, 0.6) is 11.5 Å². The summed E-state index contributed by atoms with van der Waals surface area (Å²) in [5.74, 6) is 2.47. The van der Waals surface area contributed by atoms with Crippen molar-refractivity contribution in [1.29, 1.82) is 0 Å². The summed E-state index contributed by atoms with van der Waals surface area (Å²) in [4.78, 5) is 25.3. The molecule has 0 spiro atoms. The molecule has 1 aromatic carbocycles. The number of amides is 1. The average molecular weight is 340 g/mol. The number of anilines is 1. The molecule has 0 saturated carbocycles. The monoisotopic (exact) mass is 340 g/mol. The summed E-state index contributed by atoms with van der Waals surface area (Å²) >= 11 is 0. The minimum absolute atomic E-state index is 0.0922. The van der Waals surface area contributed by atoms with E-state index in [1.165, 1.54) is 0 Å². The molecule has 1 amide bonds. The number of hydrogen-bond acceptors (Lipinski definition) is 6. The van der Waals surface area contributed by atoms with Crippen molar-refractivity contribution in [3.05, 3.63) is 41.3 Å². The first-order valence-corrected chi connectivity index (χ1v) is 8.28. The normalized spacial score (nSPS) is 15.0. The largest absolute Gasteiger partial charge is 0.454 e. The van der Waals surface area contributed by atoms with Crippen molar-refractivity contribution in [3.8, 4) is 11.5 Å². The fourth-order valence-corrected chi connectivity index (χ4v) is 3.27. The second kappa shape index (κ2) is 6.23. The van der Waals surface area contributed by atoms with Crippen LogP contribution in [0.25, 0.3) is 0 Å². The number of ether oxygens (including phenoxy) is 2. The molecule has 3 heterocycles. The summed E-state index contributed by atoms with van der Waals surface area (Å²) < 4.78 is 10.7. The number of benzene rings is 1. The maximum atomic E-state index is 12.7.